The minimum atomic E-state index is -0.540. The number of piperidine rings is 1. The molecule has 0 bridgehead atoms. The Morgan fingerprint density at radius 2 is 1.96 bits per heavy atom. The van der Waals surface area contributed by atoms with E-state index in [9.17, 15) is 9.90 Å². The molecule has 1 aromatic carbocycles. The first-order valence-corrected chi connectivity index (χ1v) is 8.73. The molecule has 2 aromatic rings. The number of amides is 1. The molecule has 3 rings (SSSR count). The summed E-state index contributed by atoms with van der Waals surface area (Å²) < 4.78 is 0. The largest absolute Gasteiger partial charge is 0.394 e. The van der Waals surface area contributed by atoms with Gasteiger partial charge < -0.3 is 10.4 Å². The van der Waals surface area contributed by atoms with E-state index in [0.717, 1.165) is 38.2 Å². The van der Waals surface area contributed by atoms with Crippen molar-refractivity contribution in [2.75, 3.05) is 19.7 Å². The number of carbonyl (C=O) groups excluding carboxylic acids is 1. The van der Waals surface area contributed by atoms with E-state index in [0.29, 0.717) is 5.56 Å². The van der Waals surface area contributed by atoms with Crippen LogP contribution in [0.3, 0.4) is 0 Å². The second-order valence-corrected chi connectivity index (χ2v) is 6.84. The van der Waals surface area contributed by atoms with Gasteiger partial charge in [-0.3, -0.25) is 14.7 Å². The monoisotopic (exact) mass is 339 g/mol. The number of likely N-dealkylation sites (tertiary alicyclic amines) is 1. The lowest BCUT2D eigenvalue weighted by atomic mass is 9.87. The van der Waals surface area contributed by atoms with E-state index >= 15 is 0 Å². The summed E-state index contributed by atoms with van der Waals surface area (Å²) in [6.45, 7) is 4.43. The maximum absolute atomic E-state index is 12.5. The number of hydrogen-bond acceptors (Lipinski definition) is 4. The quantitative estimate of drug-likeness (QED) is 0.876. The topological polar surface area (TPSA) is 65.5 Å². The van der Waals surface area contributed by atoms with Gasteiger partial charge in [0.05, 0.1) is 12.1 Å². The molecule has 1 fully saturated rings. The van der Waals surface area contributed by atoms with Crippen molar-refractivity contribution in [2.45, 2.75) is 31.8 Å². The molecule has 2 N–H and O–H groups in total. The summed E-state index contributed by atoms with van der Waals surface area (Å²) in [4.78, 5) is 19.0. The normalized spacial score (nSPS) is 17.2. The average molecular weight is 339 g/mol. The fourth-order valence-corrected chi connectivity index (χ4v) is 3.30. The lowest BCUT2D eigenvalue weighted by molar-refractivity contribution is 0.0601. The minimum Gasteiger partial charge on any atom is -0.394 e. The Morgan fingerprint density at radius 3 is 2.60 bits per heavy atom. The third-order valence-electron chi connectivity index (χ3n) is 4.90. The van der Waals surface area contributed by atoms with E-state index in [-0.39, 0.29) is 12.5 Å². The third-order valence-corrected chi connectivity index (χ3v) is 4.90. The van der Waals surface area contributed by atoms with Crippen LogP contribution in [-0.2, 0) is 6.54 Å². The molecule has 0 saturated carbocycles. The van der Waals surface area contributed by atoms with Crippen LogP contribution < -0.4 is 5.32 Å². The molecule has 0 aliphatic carbocycles. The summed E-state index contributed by atoms with van der Waals surface area (Å²) in [5.74, 6) is -0.143. The molecule has 1 saturated heterocycles. The number of rotatable bonds is 5. The first-order valence-electron chi connectivity index (χ1n) is 8.73. The molecule has 1 aromatic heterocycles. The van der Waals surface area contributed by atoms with Crippen molar-refractivity contribution in [3.63, 3.8) is 0 Å². The predicted octanol–water partition coefficient (Wildman–Crippen LogP) is 2.15. The second-order valence-electron chi connectivity index (χ2n) is 6.84. The Balaban J connectivity index is 1.60. The predicted molar refractivity (Wildman–Crippen MR) is 97.2 cm³/mol. The summed E-state index contributed by atoms with van der Waals surface area (Å²) in [5.41, 5.74) is 2.15. The molecule has 5 nitrogen and oxygen atoms in total. The van der Waals surface area contributed by atoms with Gasteiger partial charge in [-0.2, -0.15) is 0 Å². The van der Waals surface area contributed by atoms with Crippen molar-refractivity contribution in [1.29, 1.82) is 0 Å². The van der Waals surface area contributed by atoms with Crippen LogP contribution >= 0.6 is 0 Å². The van der Waals surface area contributed by atoms with E-state index in [4.69, 9.17) is 0 Å². The highest BCUT2D eigenvalue weighted by Crippen LogP contribution is 2.24. The number of aryl methyl sites for hydroxylation is 1. The van der Waals surface area contributed by atoms with Gasteiger partial charge in [-0.15, -0.1) is 0 Å². The highest BCUT2D eigenvalue weighted by atomic mass is 16.3. The summed E-state index contributed by atoms with van der Waals surface area (Å²) >= 11 is 0. The molecule has 1 aliphatic rings. The third kappa shape index (κ3) is 4.44. The first-order chi connectivity index (χ1) is 12.1. The molecular formula is C20H25N3O2. The Kier molecular flexibility index (Phi) is 5.46. The maximum atomic E-state index is 12.5. The molecule has 2 heterocycles. The van der Waals surface area contributed by atoms with Crippen molar-refractivity contribution in [1.82, 2.24) is 15.2 Å². The van der Waals surface area contributed by atoms with Crippen LogP contribution in [0, 0.1) is 6.92 Å². The number of nitrogens with one attached hydrogen (secondary N) is 1. The van der Waals surface area contributed by atoms with Gasteiger partial charge in [0, 0.05) is 37.1 Å². The summed E-state index contributed by atoms with van der Waals surface area (Å²) in [5, 5.41) is 13.0. The van der Waals surface area contributed by atoms with Crippen LogP contribution in [0.5, 0.6) is 0 Å². The molecular weight excluding hydrogens is 314 g/mol. The van der Waals surface area contributed by atoms with Crippen LogP contribution in [0.25, 0.3) is 0 Å². The molecule has 5 heteroatoms. The number of carbonyl (C=O) groups is 1. The number of aliphatic hydroxyl groups excluding tert-OH is 1. The van der Waals surface area contributed by atoms with Gasteiger partial charge in [0.15, 0.2) is 0 Å². The highest BCUT2D eigenvalue weighted by molar-refractivity contribution is 5.94. The first kappa shape index (κ1) is 17.6. The number of hydrogen-bond donors (Lipinski definition) is 2. The van der Waals surface area contributed by atoms with E-state index < -0.39 is 5.54 Å². The fraction of sp³-hybridized carbons (Fsp3) is 0.400. The SMILES string of the molecule is Cc1cc(C(=O)NC2(CO)CCN(Cc3ccccc3)CC2)ccn1. The number of pyridine rings is 1. The van der Waals surface area contributed by atoms with E-state index in [1.165, 1.54) is 5.56 Å². The van der Waals surface area contributed by atoms with E-state index in [2.05, 4.69) is 27.3 Å². The van der Waals surface area contributed by atoms with E-state index in [1.54, 1.807) is 18.3 Å². The van der Waals surface area contributed by atoms with Gasteiger partial charge in [0.25, 0.3) is 5.91 Å². The highest BCUT2D eigenvalue weighted by Gasteiger charge is 2.35. The van der Waals surface area contributed by atoms with Crippen molar-refractivity contribution in [3.05, 3.63) is 65.5 Å². The van der Waals surface area contributed by atoms with Crippen LogP contribution in [-0.4, -0.2) is 46.1 Å². The zero-order valence-corrected chi connectivity index (χ0v) is 14.6. The zero-order valence-electron chi connectivity index (χ0n) is 14.6. The smallest absolute Gasteiger partial charge is 0.251 e. The minimum absolute atomic E-state index is 0.0397. The van der Waals surface area contributed by atoms with Crippen LogP contribution in [0.2, 0.25) is 0 Å². The standard InChI is InChI=1S/C20H25N3O2/c1-16-13-18(7-10-21-16)19(25)22-20(15-24)8-11-23(12-9-20)14-17-5-3-2-4-6-17/h2-7,10,13,24H,8-9,11-12,14-15H2,1H3,(H,22,25). The van der Waals surface area contributed by atoms with Crippen LogP contribution in [0.1, 0.15) is 34.5 Å². The molecule has 0 spiro atoms. The van der Waals surface area contributed by atoms with Crippen molar-refractivity contribution in [3.8, 4) is 0 Å². The van der Waals surface area contributed by atoms with Crippen molar-refractivity contribution < 1.29 is 9.90 Å². The van der Waals surface area contributed by atoms with Gasteiger partial charge in [-0.1, -0.05) is 30.3 Å². The second kappa shape index (κ2) is 7.76. The van der Waals surface area contributed by atoms with Gasteiger partial charge in [-0.05, 0) is 37.5 Å². The molecule has 25 heavy (non-hydrogen) atoms. The van der Waals surface area contributed by atoms with Crippen LogP contribution in [0.4, 0.5) is 0 Å². The Hall–Kier alpha value is -2.24. The zero-order chi connectivity index (χ0) is 17.7. The summed E-state index contributed by atoms with van der Waals surface area (Å²) in [6.07, 6.45) is 3.12. The van der Waals surface area contributed by atoms with Gasteiger partial charge in [0.2, 0.25) is 0 Å². The Bertz CT molecular complexity index is 710. The number of aromatic nitrogens is 1. The number of benzene rings is 1. The summed E-state index contributed by atoms with van der Waals surface area (Å²) in [7, 11) is 0. The molecule has 132 valence electrons. The van der Waals surface area contributed by atoms with Crippen LogP contribution in [0.15, 0.2) is 48.7 Å². The fourth-order valence-electron chi connectivity index (χ4n) is 3.30. The Morgan fingerprint density at radius 1 is 1.24 bits per heavy atom. The lowest BCUT2D eigenvalue weighted by Gasteiger charge is -2.41. The van der Waals surface area contributed by atoms with Crippen molar-refractivity contribution in [2.24, 2.45) is 0 Å². The lowest BCUT2D eigenvalue weighted by Crippen LogP contribution is -2.57. The van der Waals surface area contributed by atoms with Gasteiger partial charge >= 0.3 is 0 Å². The molecule has 0 radical (unpaired) electrons. The van der Waals surface area contributed by atoms with Gasteiger partial charge in [0.1, 0.15) is 0 Å². The molecule has 0 unspecified atom stereocenters. The number of aliphatic hydroxyl groups is 1. The van der Waals surface area contributed by atoms with Gasteiger partial charge in [-0.25, -0.2) is 0 Å². The molecule has 1 amide bonds. The van der Waals surface area contributed by atoms with E-state index in [1.807, 2.05) is 25.1 Å². The van der Waals surface area contributed by atoms with Crippen molar-refractivity contribution >= 4 is 5.91 Å². The average Bonchev–Trinajstić information content (AvgIpc) is 2.64. The number of nitrogens with zero attached hydrogens (tertiary/aromatic N) is 2. The molecule has 1 aliphatic heterocycles. The summed E-state index contributed by atoms with van der Waals surface area (Å²) in [6, 6.07) is 13.8. The Labute approximate surface area is 148 Å². The molecule has 0 atom stereocenters. The maximum Gasteiger partial charge on any atom is 0.251 e.